The van der Waals surface area contributed by atoms with Gasteiger partial charge in [-0.3, -0.25) is 4.79 Å². The highest BCUT2D eigenvalue weighted by molar-refractivity contribution is 7.89. The van der Waals surface area contributed by atoms with Crippen molar-refractivity contribution in [3.63, 3.8) is 0 Å². The van der Waals surface area contributed by atoms with Crippen molar-refractivity contribution in [3.05, 3.63) is 53.5 Å². The third-order valence-corrected chi connectivity index (χ3v) is 8.20. The molecule has 0 spiro atoms. The second-order valence-electron chi connectivity index (χ2n) is 8.81. The average Bonchev–Trinajstić information content (AvgIpc) is 3.17. The van der Waals surface area contributed by atoms with Crippen molar-refractivity contribution in [2.75, 3.05) is 31.1 Å². The van der Waals surface area contributed by atoms with Crippen molar-refractivity contribution in [1.29, 1.82) is 0 Å². The average molecular weight is 487 g/mol. The molecule has 9 heteroatoms. The molecule has 33 heavy (non-hydrogen) atoms. The number of sulfonamides is 1. The van der Waals surface area contributed by atoms with Gasteiger partial charge in [0, 0.05) is 31.9 Å². The summed E-state index contributed by atoms with van der Waals surface area (Å²) in [4.78, 5) is 22.0. The molecule has 0 unspecified atom stereocenters. The Balaban J connectivity index is 1.48. The number of anilines is 1. The molecule has 2 heterocycles. The van der Waals surface area contributed by atoms with Gasteiger partial charge in [0.25, 0.3) is 0 Å². The van der Waals surface area contributed by atoms with Gasteiger partial charge in [0.15, 0.2) is 0 Å². The minimum Gasteiger partial charge on any atom is -0.368 e. The van der Waals surface area contributed by atoms with E-state index in [9.17, 15) is 13.2 Å². The number of nitrogens with one attached hydrogen (secondary N) is 1. The Hall–Kier alpha value is -2.49. The molecule has 1 atom stereocenters. The van der Waals surface area contributed by atoms with Gasteiger partial charge in [-0.2, -0.15) is 4.72 Å². The minimum absolute atomic E-state index is 0.158. The molecule has 0 radical (unpaired) electrons. The van der Waals surface area contributed by atoms with Crippen LogP contribution in [0.3, 0.4) is 0 Å². The second-order valence-corrected chi connectivity index (χ2v) is 11.8. The Kier molecular flexibility index (Phi) is 7.02. The van der Waals surface area contributed by atoms with Gasteiger partial charge in [-0.1, -0.05) is 32.0 Å². The molecule has 1 aliphatic heterocycles. The fourth-order valence-electron chi connectivity index (χ4n) is 4.16. The van der Waals surface area contributed by atoms with Gasteiger partial charge in [0.2, 0.25) is 15.9 Å². The fraction of sp³-hybridized carbons (Fsp3) is 0.417. The number of carbonyl (C=O) groups excluding carboxylic acids is 1. The Morgan fingerprint density at radius 3 is 2.45 bits per heavy atom. The third kappa shape index (κ3) is 5.54. The van der Waals surface area contributed by atoms with Crippen LogP contribution in [0.15, 0.2) is 53.4 Å². The van der Waals surface area contributed by atoms with Gasteiger partial charge in [-0.15, -0.1) is 11.3 Å². The highest BCUT2D eigenvalue weighted by Gasteiger charge is 2.32. The lowest BCUT2D eigenvalue weighted by atomic mass is 10.0. The van der Waals surface area contributed by atoms with Crippen molar-refractivity contribution in [1.82, 2.24) is 14.6 Å². The van der Waals surface area contributed by atoms with Crippen LogP contribution in [0.1, 0.15) is 25.3 Å². The molecule has 0 bridgehead atoms. The molecule has 1 saturated heterocycles. The lowest BCUT2D eigenvalue weighted by Gasteiger charge is -2.37. The third-order valence-electron chi connectivity index (χ3n) is 5.79. The summed E-state index contributed by atoms with van der Waals surface area (Å²) in [5, 5.41) is 0.884. The number of hydrogen-bond acceptors (Lipinski definition) is 6. The minimum atomic E-state index is -3.85. The zero-order valence-corrected chi connectivity index (χ0v) is 20.8. The van der Waals surface area contributed by atoms with Crippen LogP contribution in [0.2, 0.25) is 0 Å². The molecule has 1 amide bonds. The van der Waals surface area contributed by atoms with E-state index in [2.05, 4.69) is 26.7 Å². The highest BCUT2D eigenvalue weighted by atomic mass is 32.2. The van der Waals surface area contributed by atoms with Crippen LogP contribution >= 0.6 is 11.3 Å². The van der Waals surface area contributed by atoms with Crippen LogP contribution in [0.25, 0.3) is 10.2 Å². The molecular weight excluding hydrogens is 456 g/mol. The van der Waals surface area contributed by atoms with Crippen LogP contribution < -0.4 is 9.62 Å². The topological polar surface area (TPSA) is 82.6 Å². The largest absolute Gasteiger partial charge is 0.368 e. The standard InChI is InChI=1S/C24H30N4O3S2/c1-17(2)15-22(24(29)28-13-11-27(12-14-28)19-7-5-4-6-8-19)26-33(30,31)20-9-10-21-23(16-20)32-18(3)25-21/h4-10,16-17,22,26H,11-15H2,1-3H3/t22-/m1/s1. The Morgan fingerprint density at radius 2 is 1.79 bits per heavy atom. The quantitative estimate of drug-likeness (QED) is 0.551. The van der Waals surface area contributed by atoms with Gasteiger partial charge in [0.05, 0.1) is 20.1 Å². The van der Waals surface area contributed by atoms with E-state index in [0.717, 1.165) is 34.0 Å². The second kappa shape index (κ2) is 9.79. The Bertz CT molecular complexity index is 1220. The monoisotopic (exact) mass is 486 g/mol. The normalized spacial score (nSPS) is 15.9. The van der Waals surface area contributed by atoms with Crippen LogP contribution in [-0.4, -0.2) is 56.4 Å². The Morgan fingerprint density at radius 1 is 1.09 bits per heavy atom. The predicted octanol–water partition coefficient (Wildman–Crippen LogP) is 3.65. The first kappa shape index (κ1) is 23.7. The summed E-state index contributed by atoms with van der Waals surface area (Å²) >= 11 is 1.46. The molecular formula is C24H30N4O3S2. The summed E-state index contributed by atoms with van der Waals surface area (Å²) < 4.78 is 29.9. The van der Waals surface area contributed by atoms with E-state index in [-0.39, 0.29) is 16.7 Å². The van der Waals surface area contributed by atoms with Crippen molar-refractivity contribution < 1.29 is 13.2 Å². The molecule has 176 valence electrons. The number of fused-ring (bicyclic) bond motifs is 1. The summed E-state index contributed by atoms with van der Waals surface area (Å²) in [6, 6.07) is 14.2. The molecule has 1 aromatic heterocycles. The maximum atomic E-state index is 13.4. The lowest BCUT2D eigenvalue weighted by molar-refractivity contribution is -0.133. The molecule has 0 saturated carbocycles. The summed E-state index contributed by atoms with van der Waals surface area (Å²) in [5.74, 6) is 0.00795. The van der Waals surface area contributed by atoms with E-state index in [1.54, 1.807) is 23.1 Å². The van der Waals surface area contributed by atoms with Gasteiger partial charge >= 0.3 is 0 Å². The van der Waals surface area contributed by atoms with E-state index in [4.69, 9.17) is 0 Å². The number of thiazole rings is 1. The number of rotatable bonds is 7. The van der Waals surface area contributed by atoms with E-state index >= 15 is 0 Å². The molecule has 2 aromatic carbocycles. The molecule has 7 nitrogen and oxygen atoms in total. The number of aryl methyl sites for hydroxylation is 1. The predicted molar refractivity (Wildman–Crippen MR) is 133 cm³/mol. The van der Waals surface area contributed by atoms with E-state index in [1.807, 2.05) is 39.0 Å². The van der Waals surface area contributed by atoms with E-state index in [1.165, 1.54) is 11.3 Å². The van der Waals surface area contributed by atoms with E-state index < -0.39 is 16.1 Å². The SMILES string of the molecule is Cc1nc2ccc(S(=O)(=O)N[C@H](CC(C)C)C(=O)N3CCN(c4ccccc4)CC3)cc2s1. The highest BCUT2D eigenvalue weighted by Crippen LogP contribution is 2.25. The number of para-hydroxylation sites is 1. The zero-order chi connectivity index (χ0) is 23.6. The van der Waals surface area contributed by atoms with Crippen molar-refractivity contribution >= 4 is 43.2 Å². The molecule has 0 aliphatic carbocycles. The van der Waals surface area contributed by atoms with Crippen LogP contribution in [0.5, 0.6) is 0 Å². The zero-order valence-electron chi connectivity index (χ0n) is 19.2. The van der Waals surface area contributed by atoms with Crippen molar-refractivity contribution in [2.24, 2.45) is 5.92 Å². The number of hydrogen-bond donors (Lipinski definition) is 1. The number of benzene rings is 2. The number of nitrogens with zero attached hydrogens (tertiary/aromatic N) is 3. The lowest BCUT2D eigenvalue weighted by Crippen LogP contribution is -2.55. The first-order valence-electron chi connectivity index (χ1n) is 11.2. The molecule has 3 aromatic rings. The van der Waals surface area contributed by atoms with E-state index in [0.29, 0.717) is 19.5 Å². The maximum Gasteiger partial charge on any atom is 0.241 e. The summed E-state index contributed by atoms with van der Waals surface area (Å²) in [6.07, 6.45) is 0.443. The number of aromatic nitrogens is 1. The molecule has 1 N–H and O–H groups in total. The van der Waals surface area contributed by atoms with Crippen LogP contribution in [-0.2, 0) is 14.8 Å². The Labute approximate surface area is 199 Å². The number of carbonyl (C=O) groups is 1. The van der Waals surface area contributed by atoms with Gasteiger partial charge in [-0.05, 0) is 49.6 Å². The van der Waals surface area contributed by atoms with Crippen molar-refractivity contribution in [3.8, 4) is 0 Å². The summed E-state index contributed by atoms with van der Waals surface area (Å²) in [7, 11) is -3.85. The van der Waals surface area contributed by atoms with Gasteiger partial charge < -0.3 is 9.80 Å². The van der Waals surface area contributed by atoms with Gasteiger partial charge in [-0.25, -0.2) is 13.4 Å². The fourth-order valence-corrected chi connectivity index (χ4v) is 6.33. The molecule has 1 aliphatic rings. The van der Waals surface area contributed by atoms with Crippen LogP contribution in [0, 0.1) is 12.8 Å². The van der Waals surface area contributed by atoms with Crippen molar-refractivity contribution in [2.45, 2.75) is 38.1 Å². The molecule has 1 fully saturated rings. The summed E-state index contributed by atoms with van der Waals surface area (Å²) in [5.41, 5.74) is 1.92. The smallest absolute Gasteiger partial charge is 0.241 e. The summed E-state index contributed by atoms with van der Waals surface area (Å²) in [6.45, 7) is 8.46. The number of piperazine rings is 1. The first-order chi connectivity index (χ1) is 15.7. The van der Waals surface area contributed by atoms with Crippen LogP contribution in [0.4, 0.5) is 5.69 Å². The first-order valence-corrected chi connectivity index (χ1v) is 13.5. The maximum absolute atomic E-state index is 13.4. The number of amides is 1. The van der Waals surface area contributed by atoms with Gasteiger partial charge in [0.1, 0.15) is 6.04 Å². The molecule has 4 rings (SSSR count).